The van der Waals surface area contributed by atoms with E-state index in [0.717, 1.165) is 29.3 Å². The predicted molar refractivity (Wildman–Crippen MR) is 135 cm³/mol. The Morgan fingerprint density at radius 1 is 1.15 bits per heavy atom. The highest BCUT2D eigenvalue weighted by Gasteiger charge is 2.29. The Morgan fingerprint density at radius 2 is 1.82 bits per heavy atom. The van der Waals surface area contributed by atoms with Crippen molar-refractivity contribution in [3.63, 3.8) is 0 Å². The summed E-state index contributed by atoms with van der Waals surface area (Å²) in [6.45, 7) is 9.98. The van der Waals surface area contributed by atoms with E-state index >= 15 is 0 Å². The number of hydrogen-bond acceptors (Lipinski definition) is 4. The van der Waals surface area contributed by atoms with Crippen molar-refractivity contribution in [2.24, 2.45) is 5.92 Å². The molecule has 1 saturated heterocycles. The zero-order valence-corrected chi connectivity index (χ0v) is 20.5. The lowest BCUT2D eigenvalue weighted by Crippen LogP contribution is -2.60. The monoisotopic (exact) mass is 453 g/mol. The minimum atomic E-state index is -0.469. The Kier molecular flexibility index (Phi) is 8.13. The fraction of sp³-hybridized carbons (Fsp3) is 0.560. The van der Waals surface area contributed by atoms with E-state index in [1.165, 1.54) is 0 Å². The molecule has 8 nitrogen and oxygen atoms in total. The number of nitrogens with one attached hydrogen (secondary N) is 5. The average Bonchev–Trinajstić information content (AvgIpc) is 3.18. The molecule has 1 fully saturated rings. The van der Waals surface area contributed by atoms with Crippen LogP contribution < -0.4 is 10.6 Å². The highest BCUT2D eigenvalue weighted by Crippen LogP contribution is 2.21. The van der Waals surface area contributed by atoms with Crippen LogP contribution in [-0.4, -0.2) is 70.7 Å². The Hall–Kier alpha value is -2.87. The number of rotatable bonds is 6. The minimum Gasteiger partial charge on any atom is -0.361 e. The van der Waals surface area contributed by atoms with Crippen LogP contribution in [0.15, 0.2) is 30.5 Å². The van der Waals surface area contributed by atoms with Crippen molar-refractivity contribution in [3.05, 3.63) is 36.0 Å². The van der Waals surface area contributed by atoms with Gasteiger partial charge in [-0.1, -0.05) is 32.0 Å². The molecule has 0 radical (unpaired) electrons. The number of likely N-dealkylation sites (N-methyl/N-ethyl adjacent to an activating group) is 1. The second-order valence-corrected chi connectivity index (χ2v) is 9.82. The third kappa shape index (κ3) is 6.35. The minimum absolute atomic E-state index is 0.0841. The maximum Gasteiger partial charge on any atom is 0.286 e. The van der Waals surface area contributed by atoms with Gasteiger partial charge in [0, 0.05) is 48.3 Å². The number of piperazine rings is 1. The fourth-order valence-corrected chi connectivity index (χ4v) is 4.42. The van der Waals surface area contributed by atoms with E-state index in [-0.39, 0.29) is 17.8 Å². The molecule has 1 aliphatic heterocycles. The van der Waals surface area contributed by atoms with Crippen LogP contribution in [-0.2, 0) is 11.2 Å². The lowest BCUT2D eigenvalue weighted by molar-refractivity contribution is -0.115. The molecule has 180 valence electrons. The molecule has 0 spiro atoms. The van der Waals surface area contributed by atoms with Crippen LogP contribution >= 0.6 is 0 Å². The molecule has 5 N–H and O–H groups in total. The lowest BCUT2D eigenvalue weighted by atomic mass is 9.97. The first-order valence-corrected chi connectivity index (χ1v) is 11.9. The first kappa shape index (κ1) is 24.8. The number of aromatic nitrogens is 1. The first-order valence-electron chi connectivity index (χ1n) is 11.9. The molecule has 3 atom stereocenters. The van der Waals surface area contributed by atoms with Crippen LogP contribution in [0.2, 0.25) is 0 Å². The summed E-state index contributed by atoms with van der Waals surface area (Å²) in [5, 5.41) is 23.6. The molecule has 3 rings (SSSR count). The zero-order valence-electron chi connectivity index (χ0n) is 20.5. The smallest absolute Gasteiger partial charge is 0.286 e. The van der Waals surface area contributed by atoms with E-state index in [2.05, 4.69) is 61.3 Å². The van der Waals surface area contributed by atoms with E-state index in [9.17, 15) is 4.79 Å². The molecule has 0 aliphatic carbocycles. The molecule has 0 bridgehead atoms. The molecule has 1 aromatic heterocycles. The number of carbonyl (C=O) groups is 1. The molecule has 0 saturated carbocycles. The van der Waals surface area contributed by atoms with Crippen molar-refractivity contribution >= 4 is 28.6 Å². The van der Waals surface area contributed by atoms with Gasteiger partial charge in [0.25, 0.3) is 5.91 Å². The zero-order chi connectivity index (χ0) is 24.1. The number of benzene rings is 1. The summed E-state index contributed by atoms with van der Waals surface area (Å²) in [6.07, 6.45) is 4.52. The van der Waals surface area contributed by atoms with Gasteiger partial charge in [0.1, 0.15) is 0 Å². The number of amidine groups is 1. The number of carbonyl (C=O) groups excluding carboxylic acids is 1. The molecular formula is C25H39N7O. The summed E-state index contributed by atoms with van der Waals surface area (Å²) in [5.74, 6) is -0.118. The number of hydrogen-bond donors (Lipinski definition) is 5. The van der Waals surface area contributed by atoms with Gasteiger partial charge in [0.2, 0.25) is 0 Å². The summed E-state index contributed by atoms with van der Waals surface area (Å²) in [7, 11) is 2.09. The lowest BCUT2D eigenvalue weighted by Gasteiger charge is -2.43. The third-order valence-electron chi connectivity index (χ3n) is 6.72. The second kappa shape index (κ2) is 10.8. The quantitative estimate of drug-likeness (QED) is 0.342. The average molecular weight is 454 g/mol. The van der Waals surface area contributed by atoms with Crippen LogP contribution in [0, 0.1) is 16.7 Å². The number of fused-ring (bicyclic) bond motifs is 1. The Labute approximate surface area is 197 Å². The second-order valence-electron chi connectivity index (χ2n) is 9.82. The summed E-state index contributed by atoms with van der Waals surface area (Å²) in [6, 6.07) is 8.68. The number of para-hydroxylation sites is 1. The first-order chi connectivity index (χ1) is 15.7. The number of guanidine groups is 1. The summed E-state index contributed by atoms with van der Waals surface area (Å²) in [5.41, 5.74) is 2.24. The molecule has 1 unspecified atom stereocenters. The van der Waals surface area contributed by atoms with E-state index in [1.54, 1.807) is 0 Å². The summed E-state index contributed by atoms with van der Waals surface area (Å²) < 4.78 is 0. The van der Waals surface area contributed by atoms with Crippen LogP contribution in [0.5, 0.6) is 0 Å². The van der Waals surface area contributed by atoms with Crippen LogP contribution in [0.25, 0.3) is 10.9 Å². The SMILES string of the molecule is CC(C)CCC(Cc1c[nH]c2ccccc12)NC(=O)C(=N)NC(=N)N1C[C@@H](C)N(C)[C@H](C)C1. The van der Waals surface area contributed by atoms with Crippen molar-refractivity contribution in [2.45, 2.75) is 65.1 Å². The topological polar surface area (TPSA) is 111 Å². The Morgan fingerprint density at radius 3 is 2.48 bits per heavy atom. The molecule has 1 aromatic carbocycles. The Balaban J connectivity index is 1.62. The largest absolute Gasteiger partial charge is 0.361 e. The number of aromatic amines is 1. The van der Waals surface area contributed by atoms with Gasteiger partial charge in [-0.2, -0.15) is 0 Å². The molecular weight excluding hydrogens is 414 g/mol. The maximum atomic E-state index is 12.9. The van der Waals surface area contributed by atoms with E-state index in [1.807, 2.05) is 29.3 Å². The highest BCUT2D eigenvalue weighted by molar-refractivity contribution is 6.39. The summed E-state index contributed by atoms with van der Waals surface area (Å²) in [4.78, 5) is 20.3. The Bertz CT molecular complexity index is 970. The van der Waals surface area contributed by atoms with Gasteiger partial charge in [-0.25, -0.2) is 0 Å². The van der Waals surface area contributed by atoms with Crippen molar-refractivity contribution < 1.29 is 4.79 Å². The van der Waals surface area contributed by atoms with Gasteiger partial charge in [-0.3, -0.25) is 20.5 Å². The van der Waals surface area contributed by atoms with Gasteiger partial charge < -0.3 is 20.5 Å². The van der Waals surface area contributed by atoms with Crippen LogP contribution in [0.4, 0.5) is 0 Å². The highest BCUT2D eigenvalue weighted by atomic mass is 16.2. The van der Waals surface area contributed by atoms with Gasteiger partial charge in [0.15, 0.2) is 11.8 Å². The van der Waals surface area contributed by atoms with E-state index < -0.39 is 5.91 Å². The standard InChI is InChI=1S/C25H39N7O/c1-16(2)10-11-20(12-19-13-28-22-9-7-6-8-21(19)22)29-24(33)23(26)30-25(27)32-14-17(3)31(5)18(4)15-32/h6-9,13,16-18,20,28H,10-12,14-15H2,1-5H3,(H,29,33)(H3,26,27,30)/t17-,18-,20?/m1/s1. The molecule has 2 aromatic rings. The predicted octanol–water partition coefficient (Wildman–Crippen LogP) is 3.16. The van der Waals surface area contributed by atoms with Gasteiger partial charge in [-0.15, -0.1) is 0 Å². The number of nitrogens with zero attached hydrogens (tertiary/aromatic N) is 2. The number of amides is 1. The number of H-pyrrole nitrogens is 1. The summed E-state index contributed by atoms with van der Waals surface area (Å²) >= 11 is 0. The van der Waals surface area contributed by atoms with Crippen molar-refractivity contribution in [2.75, 3.05) is 20.1 Å². The van der Waals surface area contributed by atoms with Gasteiger partial charge in [0.05, 0.1) is 0 Å². The van der Waals surface area contributed by atoms with Gasteiger partial charge >= 0.3 is 0 Å². The maximum absolute atomic E-state index is 12.9. The van der Waals surface area contributed by atoms with E-state index in [0.29, 0.717) is 37.5 Å². The third-order valence-corrected chi connectivity index (χ3v) is 6.72. The van der Waals surface area contributed by atoms with Gasteiger partial charge in [-0.05, 0) is 57.7 Å². The van der Waals surface area contributed by atoms with Crippen LogP contribution in [0.3, 0.4) is 0 Å². The fourth-order valence-electron chi connectivity index (χ4n) is 4.42. The normalized spacial score (nSPS) is 20.1. The molecule has 1 amide bonds. The van der Waals surface area contributed by atoms with Crippen LogP contribution in [0.1, 0.15) is 46.1 Å². The molecule has 2 heterocycles. The molecule has 1 aliphatic rings. The van der Waals surface area contributed by atoms with E-state index in [4.69, 9.17) is 10.8 Å². The molecule has 33 heavy (non-hydrogen) atoms. The van der Waals surface area contributed by atoms with Crippen molar-refractivity contribution in [3.8, 4) is 0 Å². The van der Waals surface area contributed by atoms with Crippen molar-refractivity contribution in [1.29, 1.82) is 10.8 Å². The van der Waals surface area contributed by atoms with Crippen molar-refractivity contribution in [1.82, 2.24) is 25.4 Å². The molecule has 8 heteroatoms.